The molecular formula is C23H19F3N4O7S. The normalized spacial score (nSPS) is 16.6. The number of carbonyl (C=O) groups excluding carboxylic acids is 3. The van der Waals surface area contributed by atoms with Gasteiger partial charge in [-0.2, -0.15) is 21.6 Å². The van der Waals surface area contributed by atoms with Gasteiger partial charge in [0.15, 0.2) is 0 Å². The monoisotopic (exact) mass is 552 g/mol. The number of halogens is 3. The summed E-state index contributed by atoms with van der Waals surface area (Å²) in [4.78, 5) is 53.5. The van der Waals surface area contributed by atoms with Gasteiger partial charge >= 0.3 is 16.5 Å². The lowest BCUT2D eigenvalue weighted by molar-refractivity contribution is -0.141. The Morgan fingerprint density at radius 1 is 1.13 bits per heavy atom. The van der Waals surface area contributed by atoms with Crippen LogP contribution in [0.5, 0.6) is 0 Å². The highest BCUT2D eigenvalue weighted by Crippen LogP contribution is 2.23. The first-order valence-electron chi connectivity index (χ1n) is 10.9. The quantitative estimate of drug-likeness (QED) is 0.253. The molecule has 0 aliphatic carbocycles. The molecule has 0 bridgehead atoms. The Kier molecular flexibility index (Phi) is 6.99. The lowest BCUT2D eigenvalue weighted by Gasteiger charge is -2.36. The molecule has 15 heteroatoms. The second-order valence-electron chi connectivity index (χ2n) is 8.43. The summed E-state index contributed by atoms with van der Waals surface area (Å²) in [5, 5.41) is 4.64. The molecule has 4 rings (SSSR count). The van der Waals surface area contributed by atoms with Crippen LogP contribution < -0.4 is 16.1 Å². The predicted molar refractivity (Wildman–Crippen MR) is 126 cm³/mol. The summed E-state index contributed by atoms with van der Waals surface area (Å²) in [6.45, 7) is -0.514. The van der Waals surface area contributed by atoms with Gasteiger partial charge in [0.05, 0.1) is 13.0 Å². The van der Waals surface area contributed by atoms with Crippen molar-refractivity contribution in [3.63, 3.8) is 0 Å². The molecule has 1 aliphatic rings. The Labute approximate surface area is 212 Å². The third kappa shape index (κ3) is 5.68. The maximum Gasteiger partial charge on any atom is 0.393 e. The Bertz CT molecular complexity index is 1590. The van der Waals surface area contributed by atoms with Crippen molar-refractivity contribution in [1.82, 2.24) is 19.9 Å². The fourth-order valence-corrected chi connectivity index (χ4v) is 4.59. The van der Waals surface area contributed by atoms with Crippen LogP contribution in [0.4, 0.5) is 13.2 Å². The second-order valence-corrected chi connectivity index (χ2v) is 9.77. The van der Waals surface area contributed by atoms with E-state index in [1.165, 1.54) is 12.1 Å². The Morgan fingerprint density at radius 2 is 1.82 bits per heavy atom. The van der Waals surface area contributed by atoms with E-state index >= 15 is 0 Å². The topological polar surface area (TPSA) is 166 Å². The van der Waals surface area contributed by atoms with Crippen molar-refractivity contribution >= 4 is 38.9 Å². The lowest BCUT2D eigenvalue weighted by atomic mass is 10.0. The van der Waals surface area contributed by atoms with E-state index in [9.17, 15) is 40.8 Å². The van der Waals surface area contributed by atoms with Gasteiger partial charge in [-0.15, -0.1) is 0 Å². The van der Waals surface area contributed by atoms with Crippen molar-refractivity contribution in [2.75, 3.05) is 6.54 Å². The fraction of sp³-hybridized carbons (Fsp3) is 0.217. The van der Waals surface area contributed by atoms with Crippen LogP contribution in [0, 0.1) is 0 Å². The van der Waals surface area contributed by atoms with Gasteiger partial charge in [-0.05, 0) is 23.3 Å². The molecule has 1 saturated heterocycles. The smallest absolute Gasteiger partial charge is 0.360 e. The third-order valence-corrected chi connectivity index (χ3v) is 6.64. The van der Waals surface area contributed by atoms with Gasteiger partial charge in [-0.25, -0.2) is 4.31 Å². The molecule has 1 aromatic heterocycles. The average molecular weight is 552 g/mol. The predicted octanol–water partition coefficient (Wildman–Crippen LogP) is 1.23. The SMILES string of the molecule is O=C(N[C@@H](C(=O)NC1CN(S(=O)(=O)O)C1=O)c1ccccc1)c1c[nH]c2cc(CC(F)(F)F)ccc2c1=O. The van der Waals surface area contributed by atoms with E-state index < -0.39 is 70.2 Å². The first-order valence-corrected chi connectivity index (χ1v) is 12.3. The average Bonchev–Trinajstić information content (AvgIpc) is 2.83. The highest BCUT2D eigenvalue weighted by molar-refractivity contribution is 7.84. The summed E-state index contributed by atoms with van der Waals surface area (Å²) in [5.74, 6) is -2.96. The number of rotatable bonds is 7. The zero-order valence-corrected chi connectivity index (χ0v) is 20.0. The fourth-order valence-electron chi connectivity index (χ4n) is 3.90. The van der Waals surface area contributed by atoms with Crippen LogP contribution in [0.15, 0.2) is 59.5 Å². The lowest BCUT2D eigenvalue weighted by Crippen LogP contribution is -2.66. The molecule has 2 aromatic carbocycles. The van der Waals surface area contributed by atoms with Crippen molar-refractivity contribution in [2.24, 2.45) is 0 Å². The minimum atomic E-state index is -4.78. The first-order chi connectivity index (χ1) is 17.7. The highest BCUT2D eigenvalue weighted by atomic mass is 32.2. The molecule has 11 nitrogen and oxygen atoms in total. The molecule has 2 atom stereocenters. The number of hydrogen-bond donors (Lipinski definition) is 4. The zero-order valence-electron chi connectivity index (χ0n) is 19.2. The Morgan fingerprint density at radius 3 is 2.42 bits per heavy atom. The van der Waals surface area contributed by atoms with Gasteiger partial charge < -0.3 is 15.6 Å². The number of nitrogens with zero attached hydrogens (tertiary/aromatic N) is 1. The molecule has 0 saturated carbocycles. The minimum Gasteiger partial charge on any atom is -0.360 e. The van der Waals surface area contributed by atoms with Gasteiger partial charge in [0.25, 0.3) is 11.8 Å². The van der Waals surface area contributed by atoms with Crippen molar-refractivity contribution in [1.29, 1.82) is 0 Å². The largest absolute Gasteiger partial charge is 0.393 e. The second kappa shape index (κ2) is 9.90. The molecule has 0 spiro atoms. The van der Waals surface area contributed by atoms with Crippen LogP contribution in [-0.4, -0.2) is 58.7 Å². The number of carbonyl (C=O) groups is 3. The molecule has 38 heavy (non-hydrogen) atoms. The molecule has 1 fully saturated rings. The van der Waals surface area contributed by atoms with Crippen molar-refractivity contribution in [3.05, 3.63) is 81.6 Å². The van der Waals surface area contributed by atoms with Gasteiger partial charge in [0.1, 0.15) is 17.6 Å². The molecule has 3 aromatic rings. The highest BCUT2D eigenvalue weighted by Gasteiger charge is 2.45. The molecule has 200 valence electrons. The van der Waals surface area contributed by atoms with Crippen LogP contribution in [-0.2, 0) is 26.3 Å². The number of alkyl halides is 3. The van der Waals surface area contributed by atoms with Crippen molar-refractivity contribution < 1.29 is 40.5 Å². The summed E-state index contributed by atoms with van der Waals surface area (Å²) in [7, 11) is -4.78. The van der Waals surface area contributed by atoms with E-state index in [0.29, 0.717) is 0 Å². The molecular weight excluding hydrogens is 533 g/mol. The van der Waals surface area contributed by atoms with Gasteiger partial charge in [-0.1, -0.05) is 36.4 Å². The summed E-state index contributed by atoms with van der Waals surface area (Å²) >= 11 is 0. The van der Waals surface area contributed by atoms with Crippen molar-refractivity contribution in [3.8, 4) is 0 Å². The number of β-lactam (4-membered cyclic amide) rings is 1. The summed E-state index contributed by atoms with van der Waals surface area (Å²) < 4.78 is 69.5. The molecule has 2 heterocycles. The molecule has 4 N–H and O–H groups in total. The van der Waals surface area contributed by atoms with E-state index in [4.69, 9.17) is 4.55 Å². The van der Waals surface area contributed by atoms with Gasteiger partial charge in [0, 0.05) is 17.1 Å². The van der Waals surface area contributed by atoms with Crippen LogP contribution in [0.3, 0.4) is 0 Å². The van der Waals surface area contributed by atoms with E-state index in [2.05, 4.69) is 15.6 Å². The first kappa shape index (κ1) is 26.8. The summed E-state index contributed by atoms with van der Waals surface area (Å²) in [6, 6.07) is 8.50. The maximum absolute atomic E-state index is 13.0. The Balaban J connectivity index is 1.57. The number of H-pyrrole nitrogens is 1. The number of amides is 3. The minimum absolute atomic E-state index is 0.0466. The van der Waals surface area contributed by atoms with Crippen molar-refractivity contribution in [2.45, 2.75) is 24.7 Å². The van der Waals surface area contributed by atoms with E-state index in [1.54, 1.807) is 18.2 Å². The number of aromatic nitrogens is 1. The van der Waals surface area contributed by atoms with Crippen LogP contribution >= 0.6 is 0 Å². The van der Waals surface area contributed by atoms with Gasteiger partial charge in [-0.3, -0.25) is 23.7 Å². The number of benzene rings is 2. The molecule has 1 unspecified atom stereocenters. The summed E-state index contributed by atoms with van der Waals surface area (Å²) in [5.41, 5.74) is -0.952. The van der Waals surface area contributed by atoms with Crippen LogP contribution in [0.2, 0.25) is 0 Å². The molecule has 0 radical (unpaired) electrons. The number of hydrogen-bond acceptors (Lipinski definition) is 6. The van der Waals surface area contributed by atoms with E-state index in [1.807, 2.05) is 0 Å². The van der Waals surface area contributed by atoms with Gasteiger partial charge in [0.2, 0.25) is 11.3 Å². The van der Waals surface area contributed by atoms with E-state index in [-0.39, 0.29) is 26.3 Å². The number of nitrogens with one attached hydrogen (secondary N) is 3. The standard InChI is InChI=1S/C23H19F3N4O7S/c24-23(25,26)9-12-6-7-14-16(8-12)27-10-15(19(14)31)20(32)29-18(13-4-2-1-3-5-13)21(33)28-17-11-30(22(17)34)38(35,36)37/h1-8,10,17-18H,9,11H2,(H,27,31)(H,28,33)(H,29,32)(H,35,36,37)/t17?,18-/m1/s1. The summed E-state index contributed by atoms with van der Waals surface area (Å²) in [6.07, 6.45) is -4.64. The molecule has 3 amide bonds. The van der Waals surface area contributed by atoms with Crippen LogP contribution in [0.1, 0.15) is 27.5 Å². The van der Waals surface area contributed by atoms with Crippen LogP contribution in [0.25, 0.3) is 10.9 Å². The maximum atomic E-state index is 13.0. The molecule has 1 aliphatic heterocycles. The van der Waals surface area contributed by atoms with E-state index in [0.717, 1.165) is 24.4 Å². The number of aromatic amines is 1. The Hall–Kier alpha value is -4.24. The number of fused-ring (bicyclic) bond motifs is 1. The number of pyridine rings is 1. The third-order valence-electron chi connectivity index (χ3n) is 5.75. The zero-order chi connectivity index (χ0) is 27.8.